The molecule has 8 heteroatoms. The van der Waals surface area contributed by atoms with Crippen LogP contribution in [0.3, 0.4) is 0 Å². The van der Waals surface area contributed by atoms with E-state index in [9.17, 15) is 19.2 Å². The lowest BCUT2D eigenvalue weighted by molar-refractivity contribution is -0.121. The molecule has 1 atom stereocenters. The summed E-state index contributed by atoms with van der Waals surface area (Å²) in [5.74, 6) is -1.08. The topological polar surface area (TPSA) is 84.4 Å². The van der Waals surface area contributed by atoms with Crippen LogP contribution in [0.4, 0.5) is 5.69 Å². The summed E-state index contributed by atoms with van der Waals surface area (Å²) in [5, 5.41) is -0.404. The summed E-state index contributed by atoms with van der Waals surface area (Å²) in [6.07, 6.45) is 2.47. The van der Waals surface area contributed by atoms with Crippen LogP contribution < -0.4 is 4.90 Å². The van der Waals surface area contributed by atoms with Crippen LogP contribution in [0.25, 0.3) is 0 Å². The Morgan fingerprint density at radius 2 is 1.78 bits per heavy atom. The van der Waals surface area contributed by atoms with Crippen molar-refractivity contribution < 1.29 is 19.2 Å². The van der Waals surface area contributed by atoms with E-state index in [-0.39, 0.29) is 34.9 Å². The highest BCUT2D eigenvalue weighted by atomic mass is 32.1. The van der Waals surface area contributed by atoms with E-state index >= 15 is 0 Å². The quantitative estimate of drug-likeness (QED) is 0.639. The van der Waals surface area contributed by atoms with Crippen molar-refractivity contribution in [2.45, 2.75) is 39.0 Å². The van der Waals surface area contributed by atoms with E-state index in [4.69, 9.17) is 0 Å². The van der Waals surface area contributed by atoms with E-state index in [0.29, 0.717) is 17.8 Å². The molecule has 0 saturated carbocycles. The first-order valence-electron chi connectivity index (χ1n) is 7.04. The maximum atomic E-state index is 11.7. The standard InChI is InChI=1S/C12H12N2O3S.C3H6OS/c1-7(12(17)18)11-8(3-2-6-13-11)14-9(15)4-5-10(14)16;1-2-3(4)5/h2-3,6-7H,4-5H2,1H3,(H,17,18);2H2,1H3,(H,4,5). The first-order valence-corrected chi connectivity index (χ1v) is 7.94. The fraction of sp³-hybridized carbons (Fsp3) is 0.400. The summed E-state index contributed by atoms with van der Waals surface area (Å²) in [4.78, 5) is 49.6. The van der Waals surface area contributed by atoms with Crippen LogP contribution in [0.15, 0.2) is 18.3 Å². The molecule has 0 radical (unpaired) electrons. The third kappa shape index (κ3) is 5.18. The molecule has 0 aromatic carbocycles. The molecule has 6 nitrogen and oxygen atoms in total. The molecule has 1 aliphatic rings. The average molecular weight is 354 g/mol. The molecular weight excluding hydrogens is 336 g/mol. The molecule has 0 spiro atoms. The maximum Gasteiger partial charge on any atom is 0.234 e. The van der Waals surface area contributed by atoms with Gasteiger partial charge in [0.05, 0.1) is 17.3 Å². The van der Waals surface area contributed by atoms with Crippen molar-refractivity contribution in [2.75, 3.05) is 4.90 Å². The second kappa shape index (κ2) is 8.83. The van der Waals surface area contributed by atoms with Gasteiger partial charge in [-0.05, 0) is 19.1 Å². The van der Waals surface area contributed by atoms with Crippen LogP contribution >= 0.6 is 25.3 Å². The Hall–Kier alpha value is -1.67. The van der Waals surface area contributed by atoms with Crippen LogP contribution in [0.1, 0.15) is 44.7 Å². The Kier molecular flexibility index (Phi) is 7.44. The van der Waals surface area contributed by atoms with Crippen LogP contribution in [-0.2, 0) is 19.2 Å². The summed E-state index contributed by atoms with van der Waals surface area (Å²) in [6.45, 7) is 3.42. The van der Waals surface area contributed by atoms with Crippen molar-refractivity contribution in [3.63, 3.8) is 0 Å². The second-order valence-electron chi connectivity index (χ2n) is 4.84. The Morgan fingerprint density at radius 1 is 1.26 bits per heavy atom. The molecular formula is C15H18N2O4S2. The summed E-state index contributed by atoms with van der Waals surface area (Å²) in [5.41, 5.74) is 0.793. The van der Waals surface area contributed by atoms with E-state index < -0.39 is 5.92 Å². The highest BCUT2D eigenvalue weighted by Crippen LogP contribution is 2.30. The van der Waals surface area contributed by atoms with E-state index in [0.717, 1.165) is 4.90 Å². The minimum atomic E-state index is -0.564. The second-order valence-corrected chi connectivity index (χ2v) is 5.78. The van der Waals surface area contributed by atoms with Gasteiger partial charge in [0.1, 0.15) is 0 Å². The van der Waals surface area contributed by atoms with Crippen LogP contribution in [-0.4, -0.2) is 27.0 Å². The predicted octanol–water partition coefficient (Wildman–Crippen LogP) is 2.15. The summed E-state index contributed by atoms with van der Waals surface area (Å²) >= 11 is 7.23. The first-order chi connectivity index (χ1) is 10.8. The molecule has 2 rings (SSSR count). The number of rotatable bonds is 4. The number of carbonyl (C=O) groups is 4. The van der Waals surface area contributed by atoms with Gasteiger partial charge in [0.25, 0.3) is 0 Å². The molecule has 23 heavy (non-hydrogen) atoms. The number of aromatic nitrogens is 1. The lowest BCUT2D eigenvalue weighted by atomic mass is 10.1. The van der Waals surface area contributed by atoms with Gasteiger partial charge in [-0.1, -0.05) is 6.92 Å². The molecule has 0 N–H and O–H groups in total. The fourth-order valence-corrected chi connectivity index (χ4v) is 2.02. The third-order valence-corrected chi connectivity index (χ3v) is 3.90. The van der Waals surface area contributed by atoms with Gasteiger partial charge in [0.15, 0.2) is 10.2 Å². The number of anilines is 1. The lowest BCUT2D eigenvalue weighted by Crippen LogP contribution is -2.30. The van der Waals surface area contributed by atoms with Crippen LogP contribution in [0.2, 0.25) is 0 Å². The summed E-state index contributed by atoms with van der Waals surface area (Å²) in [7, 11) is 0. The summed E-state index contributed by atoms with van der Waals surface area (Å²) < 4.78 is 0. The van der Waals surface area contributed by atoms with Crippen molar-refractivity contribution in [3.8, 4) is 0 Å². The molecule has 1 saturated heterocycles. The minimum Gasteiger partial charge on any atom is -0.288 e. The molecule has 124 valence electrons. The molecule has 1 fully saturated rings. The molecule has 0 bridgehead atoms. The Labute approximate surface area is 145 Å². The van der Waals surface area contributed by atoms with E-state index in [1.807, 2.05) is 0 Å². The maximum absolute atomic E-state index is 11.7. The Balaban J connectivity index is 0.000000463. The minimum absolute atomic E-state index is 0.0509. The van der Waals surface area contributed by atoms with Gasteiger partial charge in [-0.2, -0.15) is 0 Å². The molecule has 2 amide bonds. The first kappa shape index (κ1) is 19.4. The average Bonchev–Trinajstić information content (AvgIpc) is 2.86. The van der Waals surface area contributed by atoms with Crippen LogP contribution in [0.5, 0.6) is 0 Å². The Morgan fingerprint density at radius 3 is 2.22 bits per heavy atom. The molecule has 1 aliphatic heterocycles. The van der Waals surface area contributed by atoms with E-state index in [2.05, 4.69) is 30.2 Å². The molecule has 0 aliphatic carbocycles. The summed E-state index contributed by atoms with van der Waals surface area (Å²) in [6, 6.07) is 3.25. The largest absolute Gasteiger partial charge is 0.288 e. The zero-order chi connectivity index (χ0) is 17.6. The highest BCUT2D eigenvalue weighted by Gasteiger charge is 2.33. The van der Waals surface area contributed by atoms with Crippen molar-refractivity contribution >= 4 is 53.0 Å². The smallest absolute Gasteiger partial charge is 0.234 e. The number of pyridine rings is 1. The van der Waals surface area contributed by atoms with Gasteiger partial charge in [-0.15, -0.1) is 25.3 Å². The van der Waals surface area contributed by atoms with Gasteiger partial charge in [-0.25, -0.2) is 4.90 Å². The predicted molar refractivity (Wildman–Crippen MR) is 92.7 cm³/mol. The normalized spacial score (nSPS) is 15.0. The van der Waals surface area contributed by atoms with Crippen molar-refractivity contribution in [3.05, 3.63) is 24.0 Å². The Bertz CT molecular complexity index is 618. The highest BCUT2D eigenvalue weighted by molar-refractivity contribution is 7.96. The van der Waals surface area contributed by atoms with Crippen LogP contribution in [0, 0.1) is 0 Å². The zero-order valence-electron chi connectivity index (χ0n) is 12.9. The van der Waals surface area contributed by atoms with Gasteiger partial charge in [0, 0.05) is 25.5 Å². The van der Waals surface area contributed by atoms with E-state index in [1.54, 1.807) is 26.0 Å². The monoisotopic (exact) mass is 354 g/mol. The number of hydrogen-bond donors (Lipinski definition) is 2. The molecule has 2 heterocycles. The van der Waals surface area contributed by atoms with Gasteiger partial charge in [0.2, 0.25) is 11.8 Å². The number of imide groups is 1. The van der Waals surface area contributed by atoms with Gasteiger partial charge in [-0.3, -0.25) is 24.2 Å². The number of nitrogens with zero attached hydrogens (tertiary/aromatic N) is 2. The van der Waals surface area contributed by atoms with Gasteiger partial charge >= 0.3 is 0 Å². The van der Waals surface area contributed by atoms with Gasteiger partial charge < -0.3 is 0 Å². The number of amides is 2. The van der Waals surface area contributed by atoms with E-state index in [1.165, 1.54) is 6.20 Å². The molecule has 1 aromatic heterocycles. The number of hydrogen-bond acceptors (Lipinski definition) is 5. The van der Waals surface area contributed by atoms with Crippen molar-refractivity contribution in [2.24, 2.45) is 0 Å². The fourth-order valence-electron chi connectivity index (χ4n) is 1.89. The number of carbonyl (C=O) groups excluding carboxylic acids is 4. The third-order valence-electron chi connectivity index (χ3n) is 3.19. The SMILES string of the molecule is CC(C(=O)S)c1ncccc1N1C(=O)CCC1=O.CCC(=O)S. The lowest BCUT2D eigenvalue weighted by Gasteiger charge is -2.19. The zero-order valence-corrected chi connectivity index (χ0v) is 14.6. The molecule has 1 unspecified atom stereocenters. The van der Waals surface area contributed by atoms with Crippen molar-refractivity contribution in [1.82, 2.24) is 4.98 Å². The molecule has 1 aromatic rings. The van der Waals surface area contributed by atoms with Crippen molar-refractivity contribution in [1.29, 1.82) is 0 Å². The number of thiol groups is 2.